The molecule has 3 nitrogen and oxygen atoms in total. The van der Waals surface area contributed by atoms with Gasteiger partial charge in [-0.05, 0) is 35.8 Å². The molecule has 0 radical (unpaired) electrons. The van der Waals surface area contributed by atoms with E-state index >= 15 is 0 Å². The summed E-state index contributed by atoms with van der Waals surface area (Å²) in [5.74, 6) is -0.744. The van der Waals surface area contributed by atoms with Crippen LogP contribution in [0.4, 0.5) is 0 Å². The molecule has 2 rings (SSSR count). The van der Waals surface area contributed by atoms with Crippen molar-refractivity contribution in [2.24, 2.45) is 16.6 Å². The van der Waals surface area contributed by atoms with Crippen molar-refractivity contribution in [1.82, 2.24) is 0 Å². The third-order valence-corrected chi connectivity index (χ3v) is 5.07. The maximum Gasteiger partial charge on any atom is 0.303 e. The van der Waals surface area contributed by atoms with Crippen LogP contribution in [-0.2, 0) is 10.2 Å². The van der Waals surface area contributed by atoms with Gasteiger partial charge in [0.2, 0.25) is 0 Å². The van der Waals surface area contributed by atoms with Crippen LogP contribution in [0.1, 0.15) is 45.6 Å². The van der Waals surface area contributed by atoms with E-state index in [-0.39, 0.29) is 22.7 Å². The molecular formula is C17H25NO2. The van der Waals surface area contributed by atoms with E-state index in [2.05, 4.69) is 45.0 Å². The Morgan fingerprint density at radius 3 is 2.20 bits per heavy atom. The van der Waals surface area contributed by atoms with E-state index in [0.717, 1.165) is 12.8 Å². The van der Waals surface area contributed by atoms with Gasteiger partial charge in [-0.15, -0.1) is 0 Å². The zero-order valence-corrected chi connectivity index (χ0v) is 12.6. The number of nitrogens with two attached hydrogens (primary N) is 1. The second-order valence-corrected chi connectivity index (χ2v) is 7.33. The molecule has 0 aromatic heterocycles. The van der Waals surface area contributed by atoms with E-state index in [1.165, 1.54) is 5.56 Å². The van der Waals surface area contributed by atoms with Crippen LogP contribution in [0.2, 0.25) is 0 Å². The van der Waals surface area contributed by atoms with Crippen LogP contribution >= 0.6 is 0 Å². The van der Waals surface area contributed by atoms with Crippen molar-refractivity contribution in [3.63, 3.8) is 0 Å². The van der Waals surface area contributed by atoms with Crippen molar-refractivity contribution in [2.45, 2.75) is 45.4 Å². The van der Waals surface area contributed by atoms with E-state index in [9.17, 15) is 4.79 Å². The van der Waals surface area contributed by atoms with Gasteiger partial charge in [0.05, 0.1) is 6.42 Å². The van der Waals surface area contributed by atoms with Crippen molar-refractivity contribution in [3.8, 4) is 0 Å². The standard InChI is InChI=1S/C17H25NO2/c1-15(2,3)17(13-7-5-4-6-8-13)10-16(11-17,12-18)9-14(19)20/h4-8H,9-12,18H2,1-3H3,(H,19,20). The number of benzene rings is 1. The number of carbonyl (C=O) groups is 1. The number of carboxylic acids is 1. The van der Waals surface area contributed by atoms with Crippen molar-refractivity contribution < 1.29 is 9.90 Å². The van der Waals surface area contributed by atoms with Crippen LogP contribution in [0.15, 0.2) is 30.3 Å². The quantitative estimate of drug-likeness (QED) is 0.887. The van der Waals surface area contributed by atoms with Gasteiger partial charge in [-0.3, -0.25) is 4.79 Å². The van der Waals surface area contributed by atoms with E-state index in [4.69, 9.17) is 10.8 Å². The summed E-state index contributed by atoms with van der Waals surface area (Å²) >= 11 is 0. The number of hydrogen-bond acceptors (Lipinski definition) is 2. The van der Waals surface area contributed by atoms with Gasteiger partial charge in [0.25, 0.3) is 0 Å². The second kappa shape index (κ2) is 4.88. The molecule has 0 bridgehead atoms. The molecular weight excluding hydrogens is 250 g/mol. The van der Waals surface area contributed by atoms with Gasteiger partial charge in [0.1, 0.15) is 0 Å². The van der Waals surface area contributed by atoms with Gasteiger partial charge in [0, 0.05) is 5.41 Å². The third kappa shape index (κ3) is 2.35. The van der Waals surface area contributed by atoms with E-state index in [1.54, 1.807) is 0 Å². The Morgan fingerprint density at radius 2 is 1.80 bits per heavy atom. The van der Waals surface area contributed by atoms with Gasteiger partial charge < -0.3 is 10.8 Å². The molecule has 1 aromatic rings. The van der Waals surface area contributed by atoms with Crippen LogP contribution in [0.3, 0.4) is 0 Å². The Hall–Kier alpha value is -1.35. The molecule has 1 saturated carbocycles. The van der Waals surface area contributed by atoms with Crippen molar-refractivity contribution in [2.75, 3.05) is 6.54 Å². The SMILES string of the molecule is CC(C)(C)C1(c2ccccc2)CC(CN)(CC(=O)O)C1. The average molecular weight is 275 g/mol. The Labute approximate surface area is 121 Å². The summed E-state index contributed by atoms with van der Waals surface area (Å²) in [6, 6.07) is 10.5. The summed E-state index contributed by atoms with van der Waals surface area (Å²) in [5.41, 5.74) is 7.08. The highest BCUT2D eigenvalue weighted by molar-refractivity contribution is 5.68. The highest BCUT2D eigenvalue weighted by atomic mass is 16.4. The Balaban J connectivity index is 2.34. The maximum absolute atomic E-state index is 11.1. The molecule has 1 fully saturated rings. The predicted octanol–water partition coefficient (Wildman–Crippen LogP) is 3.18. The smallest absolute Gasteiger partial charge is 0.303 e. The molecule has 0 unspecified atom stereocenters. The molecule has 1 aliphatic rings. The molecule has 0 spiro atoms. The highest BCUT2D eigenvalue weighted by Gasteiger charge is 2.60. The number of aliphatic carboxylic acids is 1. The fourth-order valence-corrected chi connectivity index (χ4v) is 3.82. The number of hydrogen-bond donors (Lipinski definition) is 2. The molecule has 0 heterocycles. The zero-order valence-electron chi connectivity index (χ0n) is 12.6. The van der Waals surface area contributed by atoms with Crippen LogP contribution < -0.4 is 5.73 Å². The first-order chi connectivity index (χ1) is 9.25. The Morgan fingerprint density at radius 1 is 1.25 bits per heavy atom. The van der Waals surface area contributed by atoms with E-state index in [0.29, 0.717) is 6.54 Å². The fraction of sp³-hybridized carbons (Fsp3) is 0.588. The zero-order chi connectivity index (χ0) is 15.0. The molecule has 20 heavy (non-hydrogen) atoms. The van der Waals surface area contributed by atoms with E-state index in [1.807, 2.05) is 6.07 Å². The molecule has 0 atom stereocenters. The second-order valence-electron chi connectivity index (χ2n) is 7.33. The molecule has 0 saturated heterocycles. The summed E-state index contributed by atoms with van der Waals surface area (Å²) < 4.78 is 0. The summed E-state index contributed by atoms with van der Waals surface area (Å²) in [6.07, 6.45) is 1.89. The topological polar surface area (TPSA) is 63.3 Å². The largest absolute Gasteiger partial charge is 0.481 e. The summed E-state index contributed by atoms with van der Waals surface area (Å²) in [4.78, 5) is 11.1. The summed E-state index contributed by atoms with van der Waals surface area (Å²) in [5, 5.41) is 9.13. The minimum absolute atomic E-state index is 0.0308. The summed E-state index contributed by atoms with van der Waals surface area (Å²) in [6.45, 7) is 7.16. The van der Waals surface area contributed by atoms with Crippen LogP contribution in [0.25, 0.3) is 0 Å². The molecule has 0 amide bonds. The van der Waals surface area contributed by atoms with Gasteiger partial charge in [-0.1, -0.05) is 51.1 Å². The van der Waals surface area contributed by atoms with Gasteiger partial charge >= 0.3 is 5.97 Å². The molecule has 1 aliphatic carbocycles. The minimum Gasteiger partial charge on any atom is -0.481 e. The van der Waals surface area contributed by atoms with Crippen molar-refractivity contribution in [1.29, 1.82) is 0 Å². The van der Waals surface area contributed by atoms with Crippen molar-refractivity contribution in [3.05, 3.63) is 35.9 Å². The molecule has 0 aliphatic heterocycles. The van der Waals surface area contributed by atoms with Gasteiger partial charge in [-0.2, -0.15) is 0 Å². The lowest BCUT2D eigenvalue weighted by molar-refractivity contribution is -0.145. The van der Waals surface area contributed by atoms with Crippen LogP contribution in [0, 0.1) is 10.8 Å². The molecule has 110 valence electrons. The molecule has 1 aromatic carbocycles. The molecule has 3 N–H and O–H groups in total. The first-order valence-corrected chi connectivity index (χ1v) is 7.22. The van der Waals surface area contributed by atoms with Crippen molar-refractivity contribution >= 4 is 5.97 Å². The normalized spacial score (nSPS) is 29.8. The fourth-order valence-electron chi connectivity index (χ4n) is 3.82. The lowest BCUT2D eigenvalue weighted by Gasteiger charge is -2.62. The lowest BCUT2D eigenvalue weighted by Crippen LogP contribution is -2.59. The Bertz CT molecular complexity index is 481. The monoisotopic (exact) mass is 275 g/mol. The first-order valence-electron chi connectivity index (χ1n) is 7.22. The molecule has 3 heteroatoms. The van der Waals surface area contributed by atoms with Gasteiger partial charge in [0.15, 0.2) is 0 Å². The lowest BCUT2D eigenvalue weighted by atomic mass is 9.42. The first kappa shape index (κ1) is 15.0. The summed E-state index contributed by atoms with van der Waals surface area (Å²) in [7, 11) is 0. The van der Waals surface area contributed by atoms with E-state index < -0.39 is 5.97 Å². The maximum atomic E-state index is 11.1. The third-order valence-electron chi connectivity index (χ3n) is 5.07. The highest BCUT2D eigenvalue weighted by Crippen LogP contribution is 2.64. The average Bonchev–Trinajstić information content (AvgIpc) is 2.32. The van der Waals surface area contributed by atoms with Crippen LogP contribution in [0.5, 0.6) is 0 Å². The van der Waals surface area contributed by atoms with Crippen LogP contribution in [-0.4, -0.2) is 17.6 Å². The van der Waals surface area contributed by atoms with Gasteiger partial charge in [-0.25, -0.2) is 0 Å². The number of carboxylic acid groups (broad SMARTS) is 1. The predicted molar refractivity (Wildman–Crippen MR) is 80.5 cm³/mol. The number of rotatable bonds is 4. The minimum atomic E-state index is -0.744. The Kier molecular flexibility index (Phi) is 3.67.